The monoisotopic (exact) mass is 1300 g/mol. The van der Waals surface area contributed by atoms with Gasteiger partial charge in [-0.05, 0) is 79.4 Å². The summed E-state index contributed by atoms with van der Waals surface area (Å²) in [5.74, 6) is 4.33. The van der Waals surface area contributed by atoms with Crippen molar-refractivity contribution in [2.45, 2.75) is 96.5 Å². The maximum atomic E-state index is 14.5. The normalized spacial score (nSPS) is 14.3. The van der Waals surface area contributed by atoms with Gasteiger partial charge in [0.1, 0.15) is 0 Å². The second-order valence-corrected chi connectivity index (χ2v) is 33.4. The number of aliphatic imine (C=N–C) groups is 1. The zero-order valence-corrected chi connectivity index (χ0v) is 54.4. The molecule has 472 valence electrons. The number of anilines is 1. The van der Waals surface area contributed by atoms with Gasteiger partial charge in [0.15, 0.2) is 5.78 Å². The van der Waals surface area contributed by atoms with Crippen molar-refractivity contribution in [3.05, 3.63) is 218 Å². The second kappa shape index (κ2) is 28.1. The number of carbonyl (C=O) groups excluding carboxylic acids is 2. The molecule has 0 aromatic heterocycles. The summed E-state index contributed by atoms with van der Waals surface area (Å²) < 4.78 is 89.5. The molecule has 0 radical (unpaired) electrons. The van der Waals surface area contributed by atoms with E-state index in [4.69, 9.17) is 0 Å². The van der Waals surface area contributed by atoms with Crippen LogP contribution in [0.5, 0.6) is 0 Å². The van der Waals surface area contributed by atoms with Gasteiger partial charge >= 0.3 is 271 Å². The van der Waals surface area contributed by atoms with Crippen LogP contribution in [0.2, 0.25) is 11.5 Å². The number of fused-ring (bicyclic) bond motifs is 4. The van der Waals surface area contributed by atoms with Gasteiger partial charge in [-0.2, -0.15) is 26.3 Å². The summed E-state index contributed by atoms with van der Waals surface area (Å²) in [6.45, 7) is 13.4. The molecule has 0 fully saturated rings. The third-order valence-corrected chi connectivity index (χ3v) is 24.9. The van der Waals surface area contributed by atoms with Crippen molar-refractivity contribution >= 4 is 93.0 Å². The number of benzene rings is 7. The van der Waals surface area contributed by atoms with Gasteiger partial charge in [-0.1, -0.05) is 55.6 Å². The number of aryl methyl sites for hydroxylation is 1. The molecule has 0 bridgehead atoms. The first kappa shape index (κ1) is 67.8. The molecule has 6 N–H and O–H groups in total. The average molecular weight is 1300 g/mol. The number of unbranched alkanes of at least 4 members (excludes halogenated alkanes) is 1. The van der Waals surface area contributed by atoms with Crippen LogP contribution in [0.1, 0.15) is 89.6 Å². The number of allylic oxidation sites excluding steroid dienone is 6. The Kier molecular flexibility index (Phi) is 20.9. The molecule has 0 unspecified atom stereocenters. The second-order valence-electron chi connectivity index (χ2n) is 24.3. The van der Waals surface area contributed by atoms with Gasteiger partial charge in [0, 0.05) is 38.2 Å². The number of carbonyl (C=O) groups is 2. The van der Waals surface area contributed by atoms with E-state index in [0.717, 1.165) is 119 Å². The molecular weight excluding hydrogens is 1230 g/mol. The van der Waals surface area contributed by atoms with Crippen molar-refractivity contribution in [3.63, 3.8) is 0 Å². The molecule has 9 rings (SSSR count). The third kappa shape index (κ3) is 15.2. The Morgan fingerprint density at radius 2 is 1.20 bits per heavy atom. The number of hydrogen-bond acceptors (Lipinski definition) is 10. The fraction of sp³-hybridized carbons (Fsp3) is 0.282. The topological polar surface area (TPSA) is 158 Å². The molecule has 2 aliphatic rings. The minimum atomic E-state index is -4.76. The van der Waals surface area contributed by atoms with Gasteiger partial charge in [-0.15, -0.1) is 0 Å². The van der Waals surface area contributed by atoms with Gasteiger partial charge < -0.3 is 25.4 Å². The molecule has 1 amide bonds. The van der Waals surface area contributed by atoms with Crippen LogP contribution in [0.3, 0.4) is 0 Å². The average Bonchev–Trinajstić information content (AvgIpc) is 0.729. The van der Waals surface area contributed by atoms with E-state index in [1.807, 2.05) is 53.2 Å². The summed E-state index contributed by atoms with van der Waals surface area (Å²) in [6.07, 6.45) is -1.66. The fourth-order valence-corrected chi connectivity index (χ4v) is 19.0. The standard InChI is InChI=1S/C71H75B2F6GeN5O6/c1-43(2)67(86)17-12-13-31-84(39-48-33-50(70(74,75)76)21-28-63(48)72(88)89)42-62-55-16-11-10-15-54(55)61(41-85(32-14-30-83-69(87)44(3)4)40-49-34-51(71(77,78)79)22-29-64(49)73(90)91)56-25-20-47(36-60(56)62)46-19-18-45(5)59(35-46)68-57-26-23-52(81-8)37-65(57)80(6,7)66-38-53(82-9)24-27-58(66)68/h10-11,15-16,18-29,33-38,81,88-91H,1,3,12-14,17,30-32,39-42H2,2,4-9H3,(H,83,87). The van der Waals surface area contributed by atoms with Crippen LogP contribution < -0.4 is 26.0 Å². The molecule has 0 saturated carbocycles. The molecule has 1 aliphatic carbocycles. The quantitative estimate of drug-likeness (QED) is 0.0114. The Morgan fingerprint density at radius 3 is 1.75 bits per heavy atom. The Balaban J connectivity index is 1.27. The van der Waals surface area contributed by atoms with Gasteiger partial charge in [0.25, 0.3) is 0 Å². The molecule has 7 aromatic rings. The molecule has 0 saturated heterocycles. The van der Waals surface area contributed by atoms with Crippen LogP contribution in [0, 0.1) is 6.92 Å². The van der Waals surface area contributed by atoms with E-state index in [2.05, 4.69) is 108 Å². The molecule has 0 atom stereocenters. The van der Waals surface area contributed by atoms with Crippen molar-refractivity contribution in [2.24, 2.45) is 4.99 Å². The molecule has 20 heteroatoms. The van der Waals surface area contributed by atoms with Gasteiger partial charge in [-0.25, -0.2) is 0 Å². The summed E-state index contributed by atoms with van der Waals surface area (Å²) in [5, 5.41) is 51.6. The number of hydrogen-bond donors (Lipinski definition) is 6. The first-order chi connectivity index (χ1) is 43.1. The van der Waals surface area contributed by atoms with Gasteiger partial charge in [0.05, 0.1) is 11.1 Å². The predicted octanol–water partition coefficient (Wildman–Crippen LogP) is 11.6. The van der Waals surface area contributed by atoms with Crippen LogP contribution in [0.25, 0.3) is 38.2 Å². The zero-order valence-electron chi connectivity index (χ0n) is 52.3. The molecule has 0 spiro atoms. The Hall–Kier alpha value is -7.62. The SMILES string of the molecule is C=C(C)C(=O)CCCCN(Cc1cc(C(F)(F)F)ccc1B(O)O)Cc1c2ccccc2c(CN(CCCNC(=O)C(=C)C)Cc2cc(C(F)(F)F)ccc2B(O)O)c2ccc(-c3ccc(C)c(C4=C5C=CC(=NC)C=[C]5[Ge]([CH3])([CH3])[c]5cc(NC)ccc54)c3)cc12. The number of alkyl halides is 6. The van der Waals surface area contributed by atoms with Crippen LogP contribution in [0.15, 0.2) is 173 Å². The van der Waals surface area contributed by atoms with E-state index in [1.165, 1.54) is 8.80 Å². The van der Waals surface area contributed by atoms with E-state index in [0.29, 0.717) is 30.4 Å². The fourth-order valence-electron chi connectivity index (χ4n) is 12.6. The number of ketones is 1. The number of nitrogens with zero attached hydrogens (tertiary/aromatic N) is 3. The van der Waals surface area contributed by atoms with Crippen molar-refractivity contribution in [3.8, 4) is 11.1 Å². The molecule has 7 aromatic carbocycles. The van der Waals surface area contributed by atoms with Crippen LogP contribution in [-0.4, -0.2) is 109 Å². The predicted molar refractivity (Wildman–Crippen MR) is 358 cm³/mol. The van der Waals surface area contributed by atoms with Crippen molar-refractivity contribution in [2.75, 3.05) is 39.0 Å². The van der Waals surface area contributed by atoms with Crippen LogP contribution in [0.4, 0.5) is 32.0 Å². The first-order valence-corrected chi connectivity index (χ1v) is 36.6. The molecular formula is C71H75B2F6GeN5O6. The van der Waals surface area contributed by atoms with Crippen molar-refractivity contribution in [1.29, 1.82) is 0 Å². The number of rotatable bonds is 24. The summed E-state index contributed by atoms with van der Waals surface area (Å²) >= 11 is -2.99. The maximum absolute atomic E-state index is 14.5. The van der Waals surface area contributed by atoms with Crippen LogP contribution in [-0.2, 0) is 48.1 Å². The van der Waals surface area contributed by atoms with E-state index < -0.39 is 51.0 Å². The van der Waals surface area contributed by atoms with Gasteiger partial charge in [-0.3, -0.25) is 14.5 Å². The number of halogens is 6. The summed E-state index contributed by atoms with van der Waals surface area (Å²) in [7, 11) is -0.501. The summed E-state index contributed by atoms with van der Waals surface area (Å²) in [4.78, 5) is 34.0. The zero-order chi connectivity index (χ0) is 65.9. The first-order valence-electron chi connectivity index (χ1n) is 30.3. The molecule has 1 heterocycles. The number of amides is 1. The Morgan fingerprint density at radius 1 is 0.637 bits per heavy atom. The number of nitrogens with one attached hydrogen (secondary N) is 2. The minimum absolute atomic E-state index is 0.0251. The van der Waals surface area contributed by atoms with E-state index in [1.54, 1.807) is 20.9 Å². The van der Waals surface area contributed by atoms with Crippen molar-refractivity contribution < 1.29 is 56.0 Å². The molecule has 11 nitrogen and oxygen atoms in total. The van der Waals surface area contributed by atoms with E-state index in [9.17, 15) is 56.0 Å². The van der Waals surface area contributed by atoms with Crippen molar-refractivity contribution in [1.82, 2.24) is 15.1 Å². The summed E-state index contributed by atoms with van der Waals surface area (Å²) in [6, 6.07) is 32.3. The van der Waals surface area contributed by atoms with E-state index in [-0.39, 0.29) is 86.0 Å². The Bertz CT molecular complexity index is 4140. The van der Waals surface area contributed by atoms with Gasteiger partial charge in [0.2, 0.25) is 5.91 Å². The van der Waals surface area contributed by atoms with Crippen LogP contribution >= 0.6 is 0 Å². The van der Waals surface area contributed by atoms with E-state index >= 15 is 0 Å². The molecule has 1 aliphatic heterocycles. The third-order valence-electron chi connectivity index (χ3n) is 17.5. The summed E-state index contributed by atoms with van der Waals surface area (Å²) in [5.41, 5.74) is 9.18. The number of Topliss-reactive ketones (excluding diaryl/α,β-unsaturated/α-hetero) is 1. The Labute approximate surface area is 531 Å². The molecule has 91 heavy (non-hydrogen) atoms.